The quantitative estimate of drug-likeness (QED) is 0.829. The van der Waals surface area contributed by atoms with Crippen LogP contribution in [0.5, 0.6) is 5.75 Å². The van der Waals surface area contributed by atoms with Gasteiger partial charge in [-0.1, -0.05) is 25.9 Å². The maximum Gasteiger partial charge on any atom is 0.346 e. The molecule has 2 aromatic rings. The molecule has 1 aromatic carbocycles. The predicted octanol–water partition coefficient (Wildman–Crippen LogP) is 2.37. The number of aromatic nitrogens is 1. The third-order valence-corrected chi connectivity index (χ3v) is 3.30. The minimum atomic E-state index is -1.33. The Kier molecular flexibility index (Phi) is 5.41. The Morgan fingerprint density at radius 3 is 2.48 bits per heavy atom. The highest BCUT2D eigenvalue weighted by atomic mass is 19.1. The van der Waals surface area contributed by atoms with E-state index in [2.05, 4.69) is 10.5 Å². The Morgan fingerprint density at radius 1 is 1.32 bits per heavy atom. The van der Waals surface area contributed by atoms with Crippen molar-refractivity contribution in [2.45, 2.75) is 32.3 Å². The van der Waals surface area contributed by atoms with Crippen molar-refractivity contribution < 1.29 is 28.3 Å². The number of carbonyl (C=O) groups excluding carboxylic acids is 1. The van der Waals surface area contributed by atoms with E-state index in [1.165, 1.54) is 18.2 Å². The van der Waals surface area contributed by atoms with E-state index in [1.807, 2.05) is 20.8 Å². The summed E-state index contributed by atoms with van der Waals surface area (Å²) in [5, 5.41) is 15.3. The van der Waals surface area contributed by atoms with Crippen LogP contribution in [0.25, 0.3) is 0 Å². The van der Waals surface area contributed by atoms with Crippen LogP contribution in [0.3, 0.4) is 0 Å². The summed E-state index contributed by atoms with van der Waals surface area (Å²) < 4.78 is 23.2. The Bertz CT molecular complexity index is 749. The van der Waals surface area contributed by atoms with Gasteiger partial charge in [-0.2, -0.15) is 0 Å². The van der Waals surface area contributed by atoms with Crippen molar-refractivity contribution in [3.8, 4) is 5.75 Å². The SMILES string of the molecule is CC(C)(C)c1cc(C(=O)NCC(Oc2ccc(F)cc2)C(=O)O)no1. The molecule has 1 unspecified atom stereocenters. The molecule has 0 saturated carbocycles. The molecule has 1 atom stereocenters. The van der Waals surface area contributed by atoms with Crippen LogP contribution in [0.1, 0.15) is 37.0 Å². The molecule has 0 spiro atoms. The van der Waals surface area contributed by atoms with E-state index in [1.54, 1.807) is 0 Å². The number of carbonyl (C=O) groups is 2. The van der Waals surface area contributed by atoms with Crippen LogP contribution in [0.2, 0.25) is 0 Å². The number of rotatable bonds is 6. The molecule has 0 bridgehead atoms. The highest BCUT2D eigenvalue weighted by Gasteiger charge is 2.24. The first-order valence-electron chi connectivity index (χ1n) is 7.57. The number of ether oxygens (including phenoxy) is 1. The molecular formula is C17H19FN2O5. The van der Waals surface area contributed by atoms with Gasteiger partial charge in [-0.3, -0.25) is 4.79 Å². The van der Waals surface area contributed by atoms with Crippen LogP contribution in [0.4, 0.5) is 4.39 Å². The first-order chi connectivity index (χ1) is 11.7. The number of carboxylic acids is 1. The minimum Gasteiger partial charge on any atom is -0.478 e. The van der Waals surface area contributed by atoms with Gasteiger partial charge in [-0.15, -0.1) is 0 Å². The number of hydrogen-bond donors (Lipinski definition) is 2. The lowest BCUT2D eigenvalue weighted by molar-refractivity contribution is -0.144. The Morgan fingerprint density at radius 2 is 1.96 bits per heavy atom. The van der Waals surface area contributed by atoms with E-state index < -0.39 is 23.8 Å². The molecule has 2 N–H and O–H groups in total. The molecule has 0 aliphatic rings. The molecule has 7 nitrogen and oxygen atoms in total. The Labute approximate surface area is 143 Å². The van der Waals surface area contributed by atoms with Crippen molar-refractivity contribution in [1.82, 2.24) is 10.5 Å². The minimum absolute atomic E-state index is 0.0517. The van der Waals surface area contributed by atoms with E-state index in [0.717, 1.165) is 12.1 Å². The molecule has 134 valence electrons. The average Bonchev–Trinajstić information content (AvgIpc) is 3.03. The second-order valence-electron chi connectivity index (χ2n) is 6.44. The monoisotopic (exact) mass is 350 g/mol. The van der Waals surface area contributed by atoms with Gasteiger partial charge in [0.25, 0.3) is 5.91 Å². The molecule has 0 radical (unpaired) electrons. The summed E-state index contributed by atoms with van der Waals surface area (Å²) in [5.74, 6) is -1.59. The highest BCUT2D eigenvalue weighted by Crippen LogP contribution is 2.22. The molecule has 1 aromatic heterocycles. The maximum atomic E-state index is 12.9. The third-order valence-electron chi connectivity index (χ3n) is 3.30. The predicted molar refractivity (Wildman–Crippen MR) is 86.0 cm³/mol. The van der Waals surface area contributed by atoms with Gasteiger partial charge in [-0.05, 0) is 24.3 Å². The summed E-state index contributed by atoms with van der Waals surface area (Å²) >= 11 is 0. The smallest absolute Gasteiger partial charge is 0.346 e. The van der Waals surface area contributed by atoms with E-state index in [0.29, 0.717) is 5.76 Å². The zero-order valence-corrected chi connectivity index (χ0v) is 14.1. The normalized spacial score (nSPS) is 12.5. The highest BCUT2D eigenvalue weighted by molar-refractivity contribution is 5.92. The second-order valence-corrected chi connectivity index (χ2v) is 6.44. The van der Waals surface area contributed by atoms with Gasteiger partial charge in [0.2, 0.25) is 6.10 Å². The van der Waals surface area contributed by atoms with Gasteiger partial charge in [0.05, 0.1) is 6.54 Å². The maximum absolute atomic E-state index is 12.9. The molecule has 1 amide bonds. The van der Waals surface area contributed by atoms with Crippen LogP contribution >= 0.6 is 0 Å². The van der Waals surface area contributed by atoms with E-state index in [9.17, 15) is 19.1 Å². The number of carboxylic acid groups (broad SMARTS) is 1. The average molecular weight is 350 g/mol. The van der Waals surface area contributed by atoms with Crippen LogP contribution in [-0.2, 0) is 10.2 Å². The van der Waals surface area contributed by atoms with Gasteiger partial charge in [-0.25, -0.2) is 9.18 Å². The first kappa shape index (κ1) is 18.4. The molecule has 0 saturated heterocycles. The molecule has 0 aliphatic carbocycles. The second kappa shape index (κ2) is 7.33. The van der Waals surface area contributed by atoms with Gasteiger partial charge < -0.3 is 19.7 Å². The lowest BCUT2D eigenvalue weighted by Gasteiger charge is -2.15. The van der Waals surface area contributed by atoms with Crippen LogP contribution in [-0.4, -0.2) is 34.8 Å². The van der Waals surface area contributed by atoms with Crippen molar-refractivity contribution in [3.63, 3.8) is 0 Å². The molecule has 0 aliphatic heterocycles. The number of benzene rings is 1. The molecule has 0 fully saturated rings. The summed E-state index contributed by atoms with van der Waals surface area (Å²) in [5.41, 5.74) is -0.253. The van der Waals surface area contributed by atoms with E-state index >= 15 is 0 Å². The zero-order chi connectivity index (χ0) is 18.6. The van der Waals surface area contributed by atoms with Gasteiger partial charge in [0.1, 0.15) is 17.3 Å². The van der Waals surface area contributed by atoms with Crippen molar-refractivity contribution in [3.05, 3.63) is 47.6 Å². The van der Waals surface area contributed by atoms with Crippen molar-refractivity contribution in [2.24, 2.45) is 0 Å². The van der Waals surface area contributed by atoms with Crippen LogP contribution in [0, 0.1) is 5.82 Å². The summed E-state index contributed by atoms with van der Waals surface area (Å²) in [4.78, 5) is 23.3. The number of nitrogens with one attached hydrogen (secondary N) is 1. The molecule has 2 rings (SSSR count). The zero-order valence-electron chi connectivity index (χ0n) is 14.1. The van der Waals surface area contributed by atoms with Gasteiger partial charge >= 0.3 is 5.97 Å². The number of amides is 1. The number of nitrogens with zero attached hydrogens (tertiary/aromatic N) is 1. The molecule has 8 heteroatoms. The fourth-order valence-corrected chi connectivity index (χ4v) is 1.87. The largest absolute Gasteiger partial charge is 0.478 e. The van der Waals surface area contributed by atoms with Crippen molar-refractivity contribution in [2.75, 3.05) is 6.54 Å². The van der Waals surface area contributed by atoms with Crippen molar-refractivity contribution in [1.29, 1.82) is 0 Å². The summed E-state index contributed by atoms with van der Waals surface area (Å²) in [7, 11) is 0. The fourth-order valence-electron chi connectivity index (χ4n) is 1.87. The molecule has 1 heterocycles. The Hall–Kier alpha value is -2.90. The van der Waals surface area contributed by atoms with Gasteiger partial charge in [0.15, 0.2) is 5.69 Å². The number of halogens is 1. The number of hydrogen-bond acceptors (Lipinski definition) is 5. The fraction of sp³-hybridized carbons (Fsp3) is 0.353. The third kappa shape index (κ3) is 5.03. The topological polar surface area (TPSA) is 102 Å². The lowest BCUT2D eigenvalue weighted by atomic mass is 9.93. The van der Waals surface area contributed by atoms with Crippen LogP contribution in [0.15, 0.2) is 34.9 Å². The van der Waals surface area contributed by atoms with E-state index in [-0.39, 0.29) is 23.4 Å². The van der Waals surface area contributed by atoms with Crippen molar-refractivity contribution >= 4 is 11.9 Å². The molecular weight excluding hydrogens is 331 g/mol. The first-order valence-corrected chi connectivity index (χ1v) is 7.57. The van der Waals surface area contributed by atoms with E-state index in [4.69, 9.17) is 9.26 Å². The van der Waals surface area contributed by atoms with Gasteiger partial charge in [0, 0.05) is 11.5 Å². The lowest BCUT2D eigenvalue weighted by Crippen LogP contribution is -2.40. The standard InChI is InChI=1S/C17H19FN2O5/c1-17(2,3)14-8-12(20-25-14)15(21)19-9-13(16(22)23)24-11-6-4-10(18)5-7-11/h4-8,13H,9H2,1-3H3,(H,19,21)(H,22,23). The Balaban J connectivity index is 1.98. The summed E-state index contributed by atoms with van der Waals surface area (Å²) in [6.07, 6.45) is -1.33. The number of aliphatic carboxylic acids is 1. The van der Waals surface area contributed by atoms with Crippen LogP contribution < -0.4 is 10.1 Å². The summed E-state index contributed by atoms with van der Waals surface area (Å²) in [6, 6.07) is 6.42. The molecule has 25 heavy (non-hydrogen) atoms. The summed E-state index contributed by atoms with van der Waals surface area (Å²) in [6.45, 7) is 5.44.